The van der Waals surface area contributed by atoms with Crippen molar-refractivity contribution in [2.75, 3.05) is 38.3 Å². The lowest BCUT2D eigenvalue weighted by Crippen LogP contribution is -2.36. The summed E-state index contributed by atoms with van der Waals surface area (Å²) in [6.07, 6.45) is 1.55. The highest BCUT2D eigenvalue weighted by Crippen LogP contribution is 2.35. The summed E-state index contributed by atoms with van der Waals surface area (Å²) >= 11 is 0. The molecule has 1 amide bonds. The third kappa shape index (κ3) is 3.27. The molecule has 0 radical (unpaired) electrons. The van der Waals surface area contributed by atoms with Crippen LogP contribution < -0.4 is 4.90 Å². The molecule has 3 heterocycles. The van der Waals surface area contributed by atoms with E-state index in [0.717, 1.165) is 23.2 Å². The summed E-state index contributed by atoms with van der Waals surface area (Å²) in [4.78, 5) is 23.5. The van der Waals surface area contributed by atoms with Gasteiger partial charge in [-0.3, -0.25) is 4.79 Å². The maximum absolute atomic E-state index is 12.8. The minimum Gasteiger partial charge on any atom is -0.378 e. The molecule has 4 rings (SSSR count). The Morgan fingerprint density at radius 3 is 2.46 bits per heavy atom. The molecule has 2 aliphatic rings. The monoisotopic (exact) mass is 400 g/mol. The molecular formula is C19H20N4O4S. The second kappa shape index (κ2) is 7.33. The number of aromatic nitrogens is 1. The van der Waals surface area contributed by atoms with Crippen LogP contribution in [0.2, 0.25) is 0 Å². The zero-order valence-electron chi connectivity index (χ0n) is 15.4. The Bertz CT molecular complexity index is 1000. The molecule has 1 unspecified atom stereocenters. The third-order valence-electron chi connectivity index (χ3n) is 4.85. The van der Waals surface area contributed by atoms with Crippen molar-refractivity contribution in [3.63, 3.8) is 0 Å². The average molecular weight is 400 g/mol. The lowest BCUT2D eigenvalue weighted by molar-refractivity contribution is -0.118. The summed E-state index contributed by atoms with van der Waals surface area (Å²) in [6.45, 7) is 2.84. The van der Waals surface area contributed by atoms with E-state index in [1.54, 1.807) is 42.6 Å². The first-order valence-electron chi connectivity index (χ1n) is 8.93. The Morgan fingerprint density at radius 2 is 1.82 bits per heavy atom. The fourth-order valence-corrected chi connectivity index (χ4v) is 4.89. The fraction of sp³-hybridized carbons (Fsp3) is 0.316. The molecule has 0 bridgehead atoms. The molecule has 146 valence electrons. The second-order valence-electron chi connectivity index (χ2n) is 6.58. The minimum absolute atomic E-state index is 0.0189. The van der Waals surface area contributed by atoms with Crippen LogP contribution in [0.25, 0.3) is 0 Å². The van der Waals surface area contributed by atoms with Gasteiger partial charge >= 0.3 is 0 Å². The quantitative estimate of drug-likeness (QED) is 0.776. The zero-order chi connectivity index (χ0) is 19.7. The molecule has 1 aromatic heterocycles. The maximum atomic E-state index is 12.8. The lowest BCUT2D eigenvalue weighted by Gasteiger charge is -2.27. The Morgan fingerprint density at radius 1 is 1.11 bits per heavy atom. The van der Waals surface area contributed by atoms with E-state index in [2.05, 4.69) is 14.9 Å². The first-order chi connectivity index (χ1) is 13.5. The number of benzene rings is 1. The molecule has 28 heavy (non-hydrogen) atoms. The molecule has 2 aliphatic heterocycles. The van der Waals surface area contributed by atoms with E-state index in [9.17, 15) is 13.2 Å². The van der Waals surface area contributed by atoms with Gasteiger partial charge in [0.05, 0.1) is 25.1 Å². The molecule has 2 fully saturated rings. The van der Waals surface area contributed by atoms with Crippen LogP contribution in [0, 0.1) is 0 Å². The van der Waals surface area contributed by atoms with Gasteiger partial charge in [-0.1, -0.05) is 30.3 Å². The van der Waals surface area contributed by atoms with Gasteiger partial charge in [-0.2, -0.15) is 0 Å². The topological polar surface area (TPSA) is 92.2 Å². The number of amides is 1. The number of ether oxygens (including phenoxy) is 1. The van der Waals surface area contributed by atoms with Crippen LogP contribution in [0.5, 0.6) is 0 Å². The molecule has 0 saturated carbocycles. The van der Waals surface area contributed by atoms with Crippen molar-refractivity contribution in [1.29, 1.82) is 0 Å². The molecule has 0 aliphatic carbocycles. The van der Waals surface area contributed by atoms with Gasteiger partial charge in [-0.25, -0.2) is 22.7 Å². The molecule has 0 N–H and O–H groups in total. The van der Waals surface area contributed by atoms with Crippen LogP contribution in [0.1, 0.15) is 10.8 Å². The van der Waals surface area contributed by atoms with Gasteiger partial charge in [-0.15, -0.1) is 0 Å². The predicted molar refractivity (Wildman–Crippen MR) is 105 cm³/mol. The molecule has 2 aromatic rings. The third-order valence-corrected chi connectivity index (χ3v) is 6.87. The van der Waals surface area contributed by atoms with Gasteiger partial charge in [0.1, 0.15) is 11.5 Å². The van der Waals surface area contributed by atoms with E-state index in [0.29, 0.717) is 24.5 Å². The van der Waals surface area contributed by atoms with Gasteiger partial charge in [0.15, 0.2) is 5.25 Å². The van der Waals surface area contributed by atoms with Crippen molar-refractivity contribution in [2.24, 2.45) is 4.99 Å². The summed E-state index contributed by atoms with van der Waals surface area (Å²) in [7, 11) is -2.59. The SMILES string of the molecule is CN1C(=O)C(=Nc2ccc(N3CCOCC3)nc2)C(c2ccccc2)S1(=O)=O. The number of morpholine rings is 1. The van der Waals surface area contributed by atoms with E-state index in [1.165, 1.54) is 7.05 Å². The first-order valence-corrected chi connectivity index (χ1v) is 10.4. The van der Waals surface area contributed by atoms with E-state index in [-0.39, 0.29) is 5.71 Å². The van der Waals surface area contributed by atoms with Gasteiger partial charge < -0.3 is 9.64 Å². The number of anilines is 1. The van der Waals surface area contributed by atoms with Crippen LogP contribution in [-0.4, -0.2) is 62.7 Å². The zero-order valence-corrected chi connectivity index (χ0v) is 16.2. The van der Waals surface area contributed by atoms with E-state index < -0.39 is 21.2 Å². The van der Waals surface area contributed by atoms with E-state index >= 15 is 0 Å². The number of nitrogens with zero attached hydrogens (tertiary/aromatic N) is 4. The largest absolute Gasteiger partial charge is 0.378 e. The molecule has 9 heteroatoms. The average Bonchev–Trinajstić information content (AvgIpc) is 2.89. The highest BCUT2D eigenvalue weighted by Gasteiger charge is 2.49. The van der Waals surface area contributed by atoms with Crippen LogP contribution in [0.15, 0.2) is 53.7 Å². The molecule has 0 spiro atoms. The summed E-state index contributed by atoms with van der Waals surface area (Å²) in [5.74, 6) is 0.181. The molecule has 8 nitrogen and oxygen atoms in total. The van der Waals surface area contributed by atoms with Gasteiger partial charge in [-0.05, 0) is 17.7 Å². The highest BCUT2D eigenvalue weighted by molar-refractivity contribution is 7.91. The van der Waals surface area contributed by atoms with Crippen molar-refractivity contribution in [2.45, 2.75) is 5.25 Å². The number of sulfonamides is 1. The van der Waals surface area contributed by atoms with Gasteiger partial charge in [0.25, 0.3) is 5.91 Å². The first kappa shape index (κ1) is 18.6. The lowest BCUT2D eigenvalue weighted by atomic mass is 10.1. The number of pyridine rings is 1. The Kier molecular flexibility index (Phi) is 4.86. The smallest absolute Gasteiger partial charge is 0.283 e. The number of carbonyl (C=O) groups is 1. The number of aliphatic imine (C=N–C) groups is 1. The van der Waals surface area contributed by atoms with Crippen LogP contribution in [0.4, 0.5) is 11.5 Å². The number of rotatable bonds is 3. The Labute approximate surface area is 163 Å². The van der Waals surface area contributed by atoms with Gasteiger partial charge in [0, 0.05) is 20.1 Å². The fourth-order valence-electron chi connectivity index (χ4n) is 3.32. The number of hydrogen-bond donors (Lipinski definition) is 0. The van der Waals surface area contributed by atoms with Gasteiger partial charge in [0.2, 0.25) is 10.0 Å². The van der Waals surface area contributed by atoms with Crippen LogP contribution in [-0.2, 0) is 19.6 Å². The van der Waals surface area contributed by atoms with E-state index in [1.807, 2.05) is 6.07 Å². The van der Waals surface area contributed by atoms with Crippen LogP contribution >= 0.6 is 0 Å². The summed E-state index contributed by atoms with van der Waals surface area (Å²) in [6, 6.07) is 12.2. The van der Waals surface area contributed by atoms with Crippen molar-refractivity contribution in [3.8, 4) is 0 Å². The molecule has 2 saturated heterocycles. The standard InChI is InChI=1S/C19H20N4O4S/c1-22-19(24)17(18(28(22,25)26)14-5-3-2-4-6-14)21-15-7-8-16(20-13-15)23-9-11-27-12-10-23/h2-8,13,18H,9-12H2,1H3. The maximum Gasteiger partial charge on any atom is 0.283 e. The van der Waals surface area contributed by atoms with Crippen molar-refractivity contribution in [3.05, 3.63) is 54.2 Å². The van der Waals surface area contributed by atoms with Crippen molar-refractivity contribution in [1.82, 2.24) is 9.29 Å². The highest BCUT2D eigenvalue weighted by atomic mass is 32.2. The predicted octanol–water partition coefficient (Wildman–Crippen LogP) is 1.53. The summed E-state index contributed by atoms with van der Waals surface area (Å²) < 4.78 is 31.6. The Balaban J connectivity index is 1.69. The van der Waals surface area contributed by atoms with Crippen molar-refractivity contribution < 1.29 is 17.9 Å². The second-order valence-corrected chi connectivity index (χ2v) is 8.63. The minimum atomic E-state index is -3.85. The Hall–Kier alpha value is -2.78. The molecular weight excluding hydrogens is 380 g/mol. The van der Waals surface area contributed by atoms with E-state index in [4.69, 9.17) is 4.74 Å². The van der Waals surface area contributed by atoms with Crippen molar-refractivity contribution >= 4 is 33.1 Å². The number of hydrogen-bond acceptors (Lipinski definition) is 7. The van der Waals surface area contributed by atoms with Crippen LogP contribution in [0.3, 0.4) is 0 Å². The summed E-state index contributed by atoms with van der Waals surface area (Å²) in [5, 5.41) is -1.12. The normalized spacial score (nSPS) is 23.4. The molecule has 1 atom stereocenters. The summed E-state index contributed by atoms with van der Waals surface area (Å²) in [5.41, 5.74) is 0.929. The number of carbonyl (C=O) groups excluding carboxylic acids is 1. The molecule has 1 aromatic carbocycles.